The molecule has 2 saturated heterocycles. The maximum Gasteiger partial charge on any atom is 0.255 e. The zero-order chi connectivity index (χ0) is 18.6. The third-order valence-corrected chi connectivity index (χ3v) is 5.98. The molecule has 1 atom stereocenters. The van der Waals surface area contributed by atoms with Crippen LogP contribution in [0, 0.1) is 0 Å². The summed E-state index contributed by atoms with van der Waals surface area (Å²) in [6.45, 7) is 2.22. The Balaban J connectivity index is 1.43. The van der Waals surface area contributed by atoms with Gasteiger partial charge in [0.15, 0.2) is 0 Å². The third-order valence-electron chi connectivity index (χ3n) is 5.98. The highest BCUT2D eigenvalue weighted by molar-refractivity contribution is 6.05. The van der Waals surface area contributed by atoms with Gasteiger partial charge in [-0.15, -0.1) is 0 Å². The van der Waals surface area contributed by atoms with Gasteiger partial charge in [0.25, 0.3) is 5.91 Å². The summed E-state index contributed by atoms with van der Waals surface area (Å²) in [6.07, 6.45) is 6.63. The van der Waals surface area contributed by atoms with E-state index in [1.165, 1.54) is 0 Å². The quantitative estimate of drug-likeness (QED) is 0.723. The Morgan fingerprint density at radius 3 is 2.74 bits per heavy atom. The maximum atomic E-state index is 12.9. The van der Waals surface area contributed by atoms with Crippen LogP contribution in [0.5, 0.6) is 5.75 Å². The van der Waals surface area contributed by atoms with Crippen molar-refractivity contribution in [1.82, 2.24) is 15.5 Å². The van der Waals surface area contributed by atoms with Crippen LogP contribution in [0.2, 0.25) is 0 Å². The number of rotatable bonds is 1. The van der Waals surface area contributed by atoms with Crippen LogP contribution in [0.4, 0.5) is 0 Å². The molecular formula is C20H21N3O4. The topological polar surface area (TPSA) is 87.7 Å². The van der Waals surface area contributed by atoms with Gasteiger partial charge >= 0.3 is 0 Å². The van der Waals surface area contributed by atoms with Crippen LogP contribution in [0.15, 0.2) is 18.2 Å². The summed E-state index contributed by atoms with van der Waals surface area (Å²) in [5, 5.41) is 5.68. The number of amides is 3. The predicted octanol–water partition coefficient (Wildman–Crippen LogP) is 0.975. The number of hydrogen-bond acceptors (Lipinski definition) is 5. The number of carbonyl (C=O) groups excluding carboxylic acids is 3. The van der Waals surface area contributed by atoms with Gasteiger partial charge in [0.2, 0.25) is 11.8 Å². The lowest BCUT2D eigenvalue weighted by Crippen LogP contribution is -2.52. The van der Waals surface area contributed by atoms with Crippen molar-refractivity contribution in [1.29, 1.82) is 0 Å². The molecule has 0 saturated carbocycles. The molecule has 7 heteroatoms. The van der Waals surface area contributed by atoms with Crippen LogP contribution in [0.3, 0.4) is 0 Å². The number of fused-ring (bicyclic) bond motifs is 2. The summed E-state index contributed by atoms with van der Waals surface area (Å²) in [7, 11) is 0. The molecule has 4 aliphatic heterocycles. The van der Waals surface area contributed by atoms with Crippen LogP contribution in [-0.2, 0) is 16.1 Å². The van der Waals surface area contributed by atoms with Gasteiger partial charge in [-0.25, -0.2) is 0 Å². The minimum atomic E-state index is -0.591. The SMILES string of the molecule is O=C1CCC(N2Cc3cc4c(cc3C2=O)C=CC2(CCNCC2)O4)C(=O)N1. The van der Waals surface area contributed by atoms with E-state index in [1.807, 2.05) is 18.2 Å². The number of ether oxygens (including phenoxy) is 1. The van der Waals surface area contributed by atoms with Crippen LogP contribution in [-0.4, -0.2) is 47.4 Å². The Morgan fingerprint density at radius 2 is 1.96 bits per heavy atom. The van der Waals surface area contributed by atoms with Crippen LogP contribution < -0.4 is 15.4 Å². The van der Waals surface area contributed by atoms with E-state index in [2.05, 4.69) is 16.7 Å². The Hall–Kier alpha value is -2.67. The minimum Gasteiger partial charge on any atom is -0.482 e. The zero-order valence-corrected chi connectivity index (χ0v) is 14.9. The van der Waals surface area contributed by atoms with Crippen molar-refractivity contribution in [2.24, 2.45) is 0 Å². The lowest BCUT2D eigenvalue weighted by molar-refractivity contribution is -0.136. The van der Waals surface area contributed by atoms with E-state index in [-0.39, 0.29) is 29.7 Å². The molecule has 27 heavy (non-hydrogen) atoms. The molecule has 1 spiro atoms. The smallest absolute Gasteiger partial charge is 0.255 e. The lowest BCUT2D eigenvalue weighted by atomic mass is 9.88. The summed E-state index contributed by atoms with van der Waals surface area (Å²) >= 11 is 0. The first-order valence-corrected chi connectivity index (χ1v) is 9.45. The second kappa shape index (κ2) is 5.92. The fraction of sp³-hybridized carbons (Fsp3) is 0.450. The summed E-state index contributed by atoms with van der Waals surface area (Å²) < 4.78 is 6.36. The molecule has 0 aliphatic carbocycles. The molecule has 4 aliphatic rings. The largest absolute Gasteiger partial charge is 0.482 e. The highest BCUT2D eigenvalue weighted by atomic mass is 16.5. The number of carbonyl (C=O) groups is 3. The van der Waals surface area contributed by atoms with E-state index in [0.717, 1.165) is 42.8 Å². The Labute approximate surface area is 156 Å². The lowest BCUT2D eigenvalue weighted by Gasteiger charge is -2.38. The second-order valence-electron chi connectivity index (χ2n) is 7.70. The molecule has 3 amide bonds. The van der Waals surface area contributed by atoms with Gasteiger partial charge < -0.3 is 15.0 Å². The van der Waals surface area contributed by atoms with Gasteiger partial charge in [-0.1, -0.05) is 6.08 Å². The van der Waals surface area contributed by atoms with Crippen molar-refractivity contribution in [2.75, 3.05) is 13.1 Å². The van der Waals surface area contributed by atoms with Crippen molar-refractivity contribution in [3.63, 3.8) is 0 Å². The molecule has 1 aromatic rings. The highest BCUT2D eigenvalue weighted by Crippen LogP contribution is 2.39. The van der Waals surface area contributed by atoms with Crippen molar-refractivity contribution >= 4 is 23.8 Å². The van der Waals surface area contributed by atoms with Crippen molar-refractivity contribution < 1.29 is 19.1 Å². The molecule has 5 rings (SSSR count). The number of hydrogen-bond donors (Lipinski definition) is 2. The van der Waals surface area contributed by atoms with E-state index in [4.69, 9.17) is 4.74 Å². The van der Waals surface area contributed by atoms with E-state index in [9.17, 15) is 14.4 Å². The predicted molar refractivity (Wildman–Crippen MR) is 97.0 cm³/mol. The minimum absolute atomic E-state index is 0.155. The molecule has 2 N–H and O–H groups in total. The standard InChI is InChI=1S/C20H21N3O4/c24-17-2-1-15(18(25)22-17)23-11-13-10-16-12(9-14(13)19(23)26)3-4-20(27-16)5-7-21-8-6-20/h3-4,9-10,15,21H,1-2,5-8,11H2,(H,22,24,25). The normalized spacial score (nSPS) is 25.9. The first-order valence-electron chi connectivity index (χ1n) is 9.45. The molecule has 0 radical (unpaired) electrons. The van der Waals surface area contributed by atoms with E-state index in [1.54, 1.807) is 4.90 Å². The van der Waals surface area contributed by atoms with Gasteiger partial charge in [0.05, 0.1) is 0 Å². The van der Waals surface area contributed by atoms with E-state index < -0.39 is 6.04 Å². The fourth-order valence-corrected chi connectivity index (χ4v) is 4.44. The van der Waals surface area contributed by atoms with Crippen LogP contribution in [0.25, 0.3) is 6.08 Å². The Bertz CT molecular complexity index is 885. The van der Waals surface area contributed by atoms with Crippen molar-refractivity contribution in [3.8, 4) is 5.75 Å². The van der Waals surface area contributed by atoms with Gasteiger partial charge in [-0.3, -0.25) is 19.7 Å². The summed E-state index contributed by atoms with van der Waals surface area (Å²) in [5.74, 6) is -0.0161. The molecule has 7 nitrogen and oxygen atoms in total. The monoisotopic (exact) mass is 367 g/mol. The van der Waals surface area contributed by atoms with E-state index >= 15 is 0 Å². The first-order chi connectivity index (χ1) is 13.0. The molecule has 1 aromatic carbocycles. The summed E-state index contributed by atoms with van der Waals surface area (Å²) in [5.41, 5.74) is 2.13. The molecule has 4 heterocycles. The Kier molecular flexibility index (Phi) is 3.62. The van der Waals surface area contributed by atoms with Gasteiger partial charge in [0, 0.05) is 36.9 Å². The number of piperidine rings is 2. The molecular weight excluding hydrogens is 346 g/mol. The maximum absolute atomic E-state index is 12.9. The van der Waals surface area contributed by atoms with Gasteiger partial charge in [-0.05, 0) is 43.3 Å². The number of nitrogens with zero attached hydrogens (tertiary/aromatic N) is 1. The number of benzene rings is 1. The molecule has 0 aromatic heterocycles. The van der Waals surface area contributed by atoms with Crippen molar-refractivity contribution in [2.45, 2.75) is 43.9 Å². The first kappa shape index (κ1) is 16.5. The van der Waals surface area contributed by atoms with Gasteiger partial charge in [0.1, 0.15) is 17.4 Å². The molecule has 1 unspecified atom stereocenters. The summed E-state index contributed by atoms with van der Waals surface area (Å²) in [4.78, 5) is 38.0. The molecule has 2 fully saturated rings. The Morgan fingerprint density at radius 1 is 1.15 bits per heavy atom. The second-order valence-corrected chi connectivity index (χ2v) is 7.70. The molecule has 0 bridgehead atoms. The van der Waals surface area contributed by atoms with E-state index in [0.29, 0.717) is 18.5 Å². The van der Waals surface area contributed by atoms with Crippen LogP contribution >= 0.6 is 0 Å². The fourth-order valence-electron chi connectivity index (χ4n) is 4.44. The van der Waals surface area contributed by atoms with Crippen LogP contribution in [0.1, 0.15) is 47.2 Å². The number of imide groups is 1. The highest BCUT2D eigenvalue weighted by Gasteiger charge is 2.41. The third kappa shape index (κ3) is 2.65. The summed E-state index contributed by atoms with van der Waals surface area (Å²) in [6, 6.07) is 3.22. The zero-order valence-electron chi connectivity index (χ0n) is 14.9. The average Bonchev–Trinajstić information content (AvgIpc) is 2.96. The average molecular weight is 367 g/mol. The van der Waals surface area contributed by atoms with Crippen molar-refractivity contribution in [3.05, 3.63) is 34.9 Å². The van der Waals surface area contributed by atoms with Gasteiger partial charge in [-0.2, -0.15) is 0 Å². The number of nitrogens with one attached hydrogen (secondary N) is 2. The molecule has 140 valence electrons.